The molecule has 2 aromatic carbocycles. The standard InChI is InChI=1S/C36H54N2O2.C12H24O6.C10H20O5.C3H6O.C3H8O.C2H4O2.C2H4O.CH2I2.CH4.Co.HNOP2/c1-33(2,3)25-17-23(31(39)27(19-25)35(7,8)9)21-37-29-15-13-14-16-30(29)38-22-24-18-26(34(4,5)6)20-28(32(24)40)36(10,11)12;1-9(2)16-8-11(4)18-12(14)17-7-10(3)15-6-5-13;1-7(2)13-6-9(4)15-10(12)14-5-8(3)11;1-3-2-4-3;1-3(2)4;1-2(3)4;1-2-3-1;2-1-3;;;1-3-4-2/h17-22,29-30,39-40H,13-16H2,1-12H3;9-11,13H,5-8H2,1-4H3;7-9,11H,5-6H2,1-4H3;3H,2H2,1H3;3-4H,1-2H3;1H3,(H,3,4);1-2H2;1H2;1H4;;1H/p+1. The first kappa shape index (κ1) is 105. The van der Waals surface area contributed by atoms with Gasteiger partial charge in [-0.3, -0.25) is 19.3 Å². The molecule has 1 saturated carbocycles. The summed E-state index contributed by atoms with van der Waals surface area (Å²) >= 11 is 4.55. The fourth-order valence-corrected chi connectivity index (χ4v) is 7.20. The number of aliphatic imine (C=N–C) groups is 2. The van der Waals surface area contributed by atoms with Gasteiger partial charge in [0.15, 0.2) is 0 Å². The summed E-state index contributed by atoms with van der Waals surface area (Å²) in [6, 6.07) is 8.53. The summed E-state index contributed by atoms with van der Waals surface area (Å²) < 4.78 is 54.5. The largest absolute Gasteiger partial charge is 0.508 e. The summed E-state index contributed by atoms with van der Waals surface area (Å²) in [5.74, 6) is -0.197. The molecular weight excluding hydrogens is 1560 g/mol. The Balaban J connectivity index is -0.000000299. The van der Waals surface area contributed by atoms with Gasteiger partial charge in [-0.05, 0) is 134 Å². The summed E-state index contributed by atoms with van der Waals surface area (Å²) in [5.41, 5.74) is 5.39. The van der Waals surface area contributed by atoms with Gasteiger partial charge in [-0.2, -0.15) is 0 Å². The second-order valence-corrected chi connectivity index (χ2v) is 33.6. The van der Waals surface area contributed by atoms with Gasteiger partial charge in [0.2, 0.25) is 0 Å². The average molecular weight is 1690 g/mol. The second kappa shape index (κ2) is 57.7. The van der Waals surface area contributed by atoms with Crippen molar-refractivity contribution in [2.24, 2.45) is 9.98 Å². The van der Waals surface area contributed by atoms with Crippen LogP contribution in [0, 0.1) is 0 Å². The summed E-state index contributed by atoms with van der Waals surface area (Å²) in [6.45, 7) is 50.8. The van der Waals surface area contributed by atoms with Crippen LogP contribution in [-0.2, 0) is 90.4 Å². The Kier molecular flexibility index (Phi) is 62.6. The quantitative estimate of drug-likeness (QED) is 0.0162. The Morgan fingerprint density at radius 3 is 1.20 bits per heavy atom. The van der Waals surface area contributed by atoms with Crippen LogP contribution in [-0.4, -0.2) is 184 Å². The Morgan fingerprint density at radius 2 is 0.959 bits per heavy atom. The van der Waals surface area contributed by atoms with Crippen molar-refractivity contribution in [1.29, 1.82) is 0 Å². The third kappa shape index (κ3) is 62.7. The van der Waals surface area contributed by atoms with Crippen molar-refractivity contribution in [3.05, 3.63) is 57.6 Å². The first-order chi connectivity index (χ1) is 43.7. The van der Waals surface area contributed by atoms with Gasteiger partial charge in [-0.25, -0.2) is 14.8 Å². The van der Waals surface area contributed by atoms with E-state index in [1.165, 1.54) is 20.5 Å². The smallest absolute Gasteiger partial charge is 0.507 e. The van der Waals surface area contributed by atoms with Gasteiger partial charge in [0.05, 0.1) is 91.3 Å². The van der Waals surface area contributed by atoms with Crippen molar-refractivity contribution in [1.82, 2.24) is 0 Å². The Morgan fingerprint density at radius 1 is 0.649 bits per heavy atom. The molecule has 22 nitrogen and oxygen atoms in total. The molecule has 2 heterocycles. The first-order valence-electron chi connectivity index (χ1n) is 32.3. The van der Waals surface area contributed by atoms with Crippen molar-refractivity contribution in [3.8, 4) is 11.5 Å². The summed E-state index contributed by atoms with van der Waals surface area (Å²) in [4.78, 5) is 41.3. The number of carbonyl (C=O) groups excluding carboxylic acids is 2. The van der Waals surface area contributed by atoms with Crippen LogP contribution in [0.25, 0.3) is 0 Å². The van der Waals surface area contributed by atoms with E-state index >= 15 is 0 Å². The zero-order valence-corrected chi connectivity index (χ0v) is 69.2. The number of alkyl halides is 2. The van der Waals surface area contributed by atoms with E-state index < -0.39 is 24.4 Å². The number of nitrogens with zero attached hydrogens (tertiary/aromatic N) is 2. The number of halogens is 2. The van der Waals surface area contributed by atoms with Crippen molar-refractivity contribution in [2.45, 2.75) is 282 Å². The van der Waals surface area contributed by atoms with Gasteiger partial charge in [-0.15, -0.1) is 0 Å². The number of hydrogen-bond donors (Lipinski definition) is 7. The minimum Gasteiger partial charge on any atom is -0.507 e. The Hall–Kier alpha value is -2.76. The maximum absolute atomic E-state index is 11.3. The van der Waals surface area contributed by atoms with Crippen LogP contribution in [0.2, 0.25) is 0 Å². The van der Waals surface area contributed by atoms with Crippen LogP contribution in [0.3, 0.4) is 0 Å². The van der Waals surface area contributed by atoms with Gasteiger partial charge < -0.3 is 73.3 Å². The minimum atomic E-state index is -0.833. The fourth-order valence-electron chi connectivity index (χ4n) is 7.20. The molecule has 2 aromatic rings. The number of hydrogen-bond acceptors (Lipinski definition) is 20. The van der Waals surface area contributed by atoms with Crippen LogP contribution >= 0.6 is 61.4 Å². The maximum atomic E-state index is 11.3. The van der Waals surface area contributed by atoms with Gasteiger partial charge in [0, 0.05) is 64.5 Å². The van der Waals surface area contributed by atoms with Crippen LogP contribution in [0.5, 0.6) is 11.5 Å². The number of benzene rings is 2. The zero-order valence-electron chi connectivity index (χ0n) is 62.1. The third-order valence-corrected chi connectivity index (χ3v) is 12.6. The van der Waals surface area contributed by atoms with Gasteiger partial charge in [-0.1, -0.05) is 161 Å². The van der Waals surface area contributed by atoms with Crippen LogP contribution in [0.15, 0.2) is 34.3 Å². The van der Waals surface area contributed by atoms with Gasteiger partial charge in [0.25, 0.3) is 14.1 Å². The molecule has 2 aliphatic heterocycles. The average Bonchev–Trinajstić information content (AvgIpc) is 1.80. The SMILES string of the molecule is C.C1CO1.CC(=O)O.CC(C)(C)c1cc(C=NC2CCCCC2N=Cc2cc(C(C)(C)C)cc(C(C)(C)C)c2O)c(O)c(C(C)(C)C)c1.CC(C)O.CC(C)OCC(C)OC(=O)OCC(C)OCCO.CC(O)COC(=O)OC(C)COC(C)C.CC1CO1.ICI.[Co].[NH2+]=PP=O. The van der Waals surface area contributed by atoms with Crippen molar-refractivity contribution in [2.75, 3.05) is 61.9 Å². The third-order valence-electron chi connectivity index (χ3n) is 12.2. The molecule has 0 spiro atoms. The molecule has 3 fully saturated rings. The number of aliphatic hydroxyl groups is 3. The number of nitrogens with two attached hydrogens (primary N) is 1. The number of phenols is 2. The first-order valence-corrected chi connectivity index (χ1v) is 37.8. The molecule has 1 radical (unpaired) electrons. The number of aliphatic carboxylic acids is 1. The molecule has 7 unspecified atom stereocenters. The molecule has 3 aliphatic rings. The fraction of sp³-hybridized carbons (Fsp3) is 0.757. The van der Waals surface area contributed by atoms with E-state index in [9.17, 15) is 19.8 Å². The van der Waals surface area contributed by atoms with Crippen molar-refractivity contribution in [3.63, 3.8) is 0 Å². The molecule has 0 bridgehead atoms. The van der Waals surface area contributed by atoms with E-state index in [1.54, 1.807) is 34.6 Å². The number of rotatable bonds is 20. The maximum Gasteiger partial charge on any atom is 0.508 e. The number of carboxylic acids is 1. The van der Waals surface area contributed by atoms with E-state index in [-0.39, 0.29) is 129 Å². The molecule has 0 aromatic heterocycles. The predicted octanol–water partition coefficient (Wildman–Crippen LogP) is 15.3. The Bertz CT molecular complexity index is 2350. The summed E-state index contributed by atoms with van der Waals surface area (Å²) in [7, 11) is 0.414. The normalized spacial score (nSPS) is 16.6. The molecule has 0 amide bonds. The number of carboxylic acid groups (broad SMARTS) is 1. The predicted molar refractivity (Wildman–Crippen MR) is 405 cm³/mol. The molecule has 2 saturated heterocycles. The van der Waals surface area contributed by atoms with Crippen molar-refractivity contribution >= 4 is 92.1 Å². The van der Waals surface area contributed by atoms with Crippen LogP contribution in [0.1, 0.15) is 233 Å². The van der Waals surface area contributed by atoms with Gasteiger partial charge >= 0.3 is 20.4 Å². The van der Waals surface area contributed by atoms with E-state index in [0.717, 1.165) is 74.7 Å². The van der Waals surface area contributed by atoms with E-state index in [1.807, 2.05) is 40.1 Å². The van der Waals surface area contributed by atoms with E-state index in [0.29, 0.717) is 38.9 Å². The summed E-state index contributed by atoms with van der Waals surface area (Å²) in [6.07, 6.45) is 5.34. The van der Waals surface area contributed by atoms with Gasteiger partial charge in [0.1, 0.15) is 36.9 Å². The number of ether oxygens (including phenoxy) is 9. The number of aliphatic hydroxyl groups excluding tert-OH is 3. The second-order valence-electron chi connectivity index (χ2n) is 27.6. The molecular formula is C70H128CoI2N3O19P2+. The molecule has 569 valence electrons. The molecule has 1 aliphatic carbocycles. The number of carbonyl (C=O) groups is 3. The summed E-state index contributed by atoms with van der Waals surface area (Å²) in [5, 5.41) is 60.0. The van der Waals surface area contributed by atoms with E-state index in [2.05, 4.69) is 174 Å². The molecule has 8 N–H and O–H groups in total. The Labute approximate surface area is 624 Å². The number of epoxide rings is 2. The van der Waals surface area contributed by atoms with Crippen LogP contribution in [0.4, 0.5) is 9.59 Å². The zero-order chi connectivity index (χ0) is 74.5. The molecule has 97 heavy (non-hydrogen) atoms. The van der Waals surface area contributed by atoms with E-state index in [4.69, 9.17) is 72.9 Å². The number of aromatic hydroxyl groups is 2. The molecule has 27 heteroatoms. The van der Waals surface area contributed by atoms with Crippen molar-refractivity contribution < 1.29 is 114 Å². The molecule has 5 rings (SSSR count). The minimum absolute atomic E-state index is 0. The number of phenolic OH excluding ortho intramolecular Hbond substituents is 2. The molecule has 7 atom stereocenters. The topological polar surface area (TPSA) is 330 Å². The van der Waals surface area contributed by atoms with Crippen LogP contribution < -0.4 is 5.16 Å². The monoisotopic (exact) mass is 1690 g/mol.